The molecule has 0 spiro atoms. The van der Waals surface area contributed by atoms with E-state index in [0.717, 1.165) is 12.1 Å². The second kappa shape index (κ2) is 6.25. The fourth-order valence-electron chi connectivity index (χ4n) is 2.29. The van der Waals surface area contributed by atoms with Gasteiger partial charge in [-0.05, 0) is 43.7 Å². The number of halogens is 3. The summed E-state index contributed by atoms with van der Waals surface area (Å²) in [4.78, 5) is 13.8. The number of carbonyl (C=O) groups excluding carboxylic acids is 1. The lowest BCUT2D eigenvalue weighted by atomic mass is 10.0. The van der Waals surface area contributed by atoms with Gasteiger partial charge in [-0.1, -0.05) is 12.1 Å². The molecule has 0 aliphatic heterocycles. The van der Waals surface area contributed by atoms with Crippen LogP contribution in [0.4, 0.5) is 13.2 Å². The van der Waals surface area contributed by atoms with Gasteiger partial charge >= 0.3 is 6.18 Å². The van der Waals surface area contributed by atoms with Gasteiger partial charge in [-0.25, -0.2) is 0 Å². The third-order valence-corrected chi connectivity index (χ3v) is 3.50. The Bertz CT molecular complexity index is 635. The van der Waals surface area contributed by atoms with Crippen molar-refractivity contribution < 1.29 is 22.4 Å². The zero-order valence-corrected chi connectivity index (χ0v) is 12.2. The van der Waals surface area contributed by atoms with E-state index in [-0.39, 0.29) is 11.7 Å². The summed E-state index contributed by atoms with van der Waals surface area (Å²) >= 11 is 0. The summed E-state index contributed by atoms with van der Waals surface area (Å²) in [7, 11) is 0. The third kappa shape index (κ3) is 3.32. The Morgan fingerprint density at radius 3 is 2.55 bits per heavy atom. The van der Waals surface area contributed by atoms with Crippen LogP contribution in [0.15, 0.2) is 47.1 Å². The predicted octanol–water partition coefficient (Wildman–Crippen LogP) is 4.52. The lowest BCUT2D eigenvalue weighted by molar-refractivity contribution is -0.137. The van der Waals surface area contributed by atoms with Crippen molar-refractivity contribution in [2.24, 2.45) is 0 Å². The SMILES string of the molecule is CCN(C(=O)c1ccco1)C(C)c1cccc(C(F)(F)F)c1. The molecule has 1 heterocycles. The number of carbonyl (C=O) groups is 1. The molecule has 22 heavy (non-hydrogen) atoms. The summed E-state index contributed by atoms with van der Waals surface area (Å²) in [5, 5.41) is 0. The highest BCUT2D eigenvalue weighted by molar-refractivity contribution is 5.91. The van der Waals surface area contributed by atoms with Crippen LogP contribution in [0.5, 0.6) is 0 Å². The van der Waals surface area contributed by atoms with Gasteiger partial charge in [0.2, 0.25) is 0 Å². The van der Waals surface area contributed by atoms with Crippen LogP contribution in [0.25, 0.3) is 0 Å². The molecule has 1 unspecified atom stereocenters. The molecule has 0 aliphatic rings. The van der Waals surface area contributed by atoms with E-state index in [1.54, 1.807) is 26.0 Å². The van der Waals surface area contributed by atoms with Crippen molar-refractivity contribution in [3.63, 3.8) is 0 Å². The van der Waals surface area contributed by atoms with Crippen LogP contribution in [0, 0.1) is 0 Å². The average Bonchev–Trinajstić information content (AvgIpc) is 3.01. The summed E-state index contributed by atoms with van der Waals surface area (Å²) in [5.41, 5.74) is -0.296. The lowest BCUT2D eigenvalue weighted by Crippen LogP contribution is -2.33. The molecule has 0 saturated carbocycles. The van der Waals surface area contributed by atoms with Crippen LogP contribution >= 0.6 is 0 Å². The first-order valence-electron chi connectivity index (χ1n) is 6.86. The van der Waals surface area contributed by atoms with E-state index >= 15 is 0 Å². The minimum absolute atomic E-state index is 0.167. The van der Waals surface area contributed by atoms with E-state index in [9.17, 15) is 18.0 Å². The van der Waals surface area contributed by atoms with Crippen molar-refractivity contribution in [2.75, 3.05) is 6.54 Å². The highest BCUT2D eigenvalue weighted by atomic mass is 19.4. The van der Waals surface area contributed by atoms with Gasteiger partial charge in [-0.3, -0.25) is 4.79 Å². The molecule has 2 aromatic rings. The molecule has 118 valence electrons. The monoisotopic (exact) mass is 311 g/mol. The number of hydrogen-bond donors (Lipinski definition) is 0. The van der Waals surface area contributed by atoms with Gasteiger partial charge in [0.25, 0.3) is 5.91 Å². The Morgan fingerprint density at radius 2 is 2.00 bits per heavy atom. The fraction of sp³-hybridized carbons (Fsp3) is 0.312. The first-order valence-corrected chi connectivity index (χ1v) is 6.86. The first kappa shape index (κ1) is 16.1. The van der Waals surface area contributed by atoms with Gasteiger partial charge < -0.3 is 9.32 Å². The van der Waals surface area contributed by atoms with Crippen molar-refractivity contribution in [1.82, 2.24) is 4.90 Å². The second-order valence-electron chi connectivity index (χ2n) is 4.87. The Labute approximate surface area is 126 Å². The minimum Gasteiger partial charge on any atom is -0.459 e. The number of hydrogen-bond acceptors (Lipinski definition) is 2. The van der Waals surface area contributed by atoms with E-state index in [4.69, 9.17) is 4.42 Å². The quantitative estimate of drug-likeness (QED) is 0.831. The van der Waals surface area contributed by atoms with E-state index in [0.29, 0.717) is 12.1 Å². The third-order valence-electron chi connectivity index (χ3n) is 3.50. The van der Waals surface area contributed by atoms with Crippen LogP contribution in [0.1, 0.15) is 41.6 Å². The molecule has 1 atom stereocenters. The van der Waals surface area contributed by atoms with Crippen molar-refractivity contribution in [2.45, 2.75) is 26.1 Å². The smallest absolute Gasteiger partial charge is 0.416 e. The van der Waals surface area contributed by atoms with Crippen LogP contribution in [-0.4, -0.2) is 17.4 Å². The molecule has 1 amide bonds. The predicted molar refractivity (Wildman–Crippen MR) is 75.3 cm³/mol. The van der Waals surface area contributed by atoms with Crippen LogP contribution in [0.2, 0.25) is 0 Å². The maximum atomic E-state index is 12.8. The minimum atomic E-state index is -4.40. The van der Waals surface area contributed by atoms with Gasteiger partial charge in [-0.15, -0.1) is 0 Å². The number of amides is 1. The van der Waals surface area contributed by atoms with Crippen molar-refractivity contribution in [1.29, 1.82) is 0 Å². The molecule has 0 N–H and O–H groups in total. The summed E-state index contributed by atoms with van der Waals surface area (Å²) in [6.45, 7) is 3.82. The Kier molecular flexibility index (Phi) is 4.59. The van der Waals surface area contributed by atoms with Crippen molar-refractivity contribution in [3.05, 3.63) is 59.5 Å². The molecule has 0 radical (unpaired) electrons. The zero-order chi connectivity index (χ0) is 16.3. The Morgan fingerprint density at radius 1 is 1.27 bits per heavy atom. The normalized spacial score (nSPS) is 13.0. The van der Waals surface area contributed by atoms with Gasteiger partial charge in [0.15, 0.2) is 5.76 Å². The van der Waals surface area contributed by atoms with E-state index in [1.165, 1.54) is 23.3 Å². The fourth-order valence-corrected chi connectivity index (χ4v) is 2.29. The summed E-state index contributed by atoms with van der Waals surface area (Å²) in [5.74, 6) is -0.182. The van der Waals surface area contributed by atoms with Crippen LogP contribution in [-0.2, 0) is 6.18 Å². The molecule has 0 aliphatic carbocycles. The molecule has 6 heteroatoms. The van der Waals surface area contributed by atoms with Crippen LogP contribution in [0.3, 0.4) is 0 Å². The van der Waals surface area contributed by atoms with Crippen molar-refractivity contribution >= 4 is 5.91 Å². The number of benzene rings is 1. The number of nitrogens with zero attached hydrogens (tertiary/aromatic N) is 1. The summed E-state index contributed by atoms with van der Waals surface area (Å²) < 4.78 is 43.5. The van der Waals surface area contributed by atoms with Gasteiger partial charge in [0.05, 0.1) is 17.9 Å². The van der Waals surface area contributed by atoms with E-state index in [1.807, 2.05) is 0 Å². The molecular weight excluding hydrogens is 295 g/mol. The molecule has 0 fully saturated rings. The maximum Gasteiger partial charge on any atom is 0.416 e. The summed E-state index contributed by atoms with van der Waals surface area (Å²) in [6, 6.07) is 7.64. The highest BCUT2D eigenvalue weighted by Gasteiger charge is 2.31. The van der Waals surface area contributed by atoms with Crippen LogP contribution < -0.4 is 0 Å². The van der Waals surface area contributed by atoms with Crippen molar-refractivity contribution in [3.8, 4) is 0 Å². The van der Waals surface area contributed by atoms with E-state index in [2.05, 4.69) is 0 Å². The molecule has 2 rings (SSSR count). The number of alkyl halides is 3. The maximum absolute atomic E-state index is 12.8. The van der Waals surface area contributed by atoms with Gasteiger partial charge in [0, 0.05) is 6.54 Å². The van der Waals surface area contributed by atoms with E-state index < -0.39 is 17.8 Å². The topological polar surface area (TPSA) is 33.5 Å². The Hall–Kier alpha value is -2.24. The average molecular weight is 311 g/mol. The van der Waals surface area contributed by atoms with Gasteiger partial charge in [0.1, 0.15) is 0 Å². The number of rotatable bonds is 4. The number of furan rings is 1. The molecule has 1 aromatic heterocycles. The standard InChI is InChI=1S/C16H16F3NO2/c1-3-20(15(21)14-8-5-9-22-14)11(2)12-6-4-7-13(10-12)16(17,18)19/h4-11H,3H2,1-2H3. The Balaban J connectivity index is 2.29. The first-order chi connectivity index (χ1) is 10.3. The molecule has 1 aromatic carbocycles. The highest BCUT2D eigenvalue weighted by Crippen LogP contribution is 2.32. The molecule has 0 saturated heterocycles. The molecule has 3 nitrogen and oxygen atoms in total. The molecular formula is C16H16F3NO2. The zero-order valence-electron chi connectivity index (χ0n) is 12.2. The van der Waals surface area contributed by atoms with Gasteiger partial charge in [-0.2, -0.15) is 13.2 Å². The second-order valence-corrected chi connectivity index (χ2v) is 4.87. The lowest BCUT2D eigenvalue weighted by Gasteiger charge is -2.28. The largest absolute Gasteiger partial charge is 0.459 e. The summed E-state index contributed by atoms with van der Waals surface area (Å²) in [6.07, 6.45) is -3.02. The molecule has 0 bridgehead atoms.